The van der Waals surface area contributed by atoms with Gasteiger partial charge in [-0.25, -0.2) is 0 Å². The summed E-state index contributed by atoms with van der Waals surface area (Å²) >= 11 is 0. The normalized spacial score (nSPS) is 12.3. The van der Waals surface area contributed by atoms with E-state index >= 15 is 0 Å². The summed E-state index contributed by atoms with van der Waals surface area (Å²) in [5.74, 6) is 0. The summed E-state index contributed by atoms with van der Waals surface area (Å²) < 4.78 is 0. The van der Waals surface area contributed by atoms with E-state index in [1.807, 2.05) is 7.05 Å². The van der Waals surface area contributed by atoms with Crippen LogP contribution in [0.25, 0.3) is 0 Å². The van der Waals surface area contributed by atoms with E-state index in [2.05, 4.69) is 69.0 Å². The predicted molar refractivity (Wildman–Crippen MR) is 90.1 cm³/mol. The lowest BCUT2D eigenvalue weighted by Crippen LogP contribution is -2.24. The molecule has 0 aromatic heterocycles. The predicted octanol–water partition coefficient (Wildman–Crippen LogP) is 4.09. The summed E-state index contributed by atoms with van der Waals surface area (Å²) in [4.78, 5) is 2.11. The van der Waals surface area contributed by atoms with Gasteiger partial charge in [0.2, 0.25) is 0 Å². The van der Waals surface area contributed by atoms with Crippen molar-refractivity contribution in [3.05, 3.63) is 64.2 Å². The maximum atomic E-state index is 10.5. The van der Waals surface area contributed by atoms with Crippen molar-refractivity contribution in [2.45, 2.75) is 33.8 Å². The second-order valence-corrected chi connectivity index (χ2v) is 6.16. The lowest BCUT2D eigenvalue weighted by molar-refractivity contribution is 0.185. The Kier molecular flexibility index (Phi) is 4.69. The molecule has 1 atom stereocenters. The molecule has 2 rings (SSSR count). The molecule has 2 aromatic rings. The summed E-state index contributed by atoms with van der Waals surface area (Å²) in [6.45, 7) is 8.93. The number of likely N-dealkylation sites (N-methyl/N-ethyl adjacent to an activating group) is 1. The first-order chi connectivity index (χ1) is 9.85. The molecule has 0 heterocycles. The molecule has 0 spiro atoms. The van der Waals surface area contributed by atoms with Crippen molar-refractivity contribution in [2.75, 3.05) is 18.5 Å². The monoisotopic (exact) mass is 283 g/mol. The van der Waals surface area contributed by atoms with Crippen LogP contribution >= 0.6 is 0 Å². The molecule has 1 N–H and O–H groups in total. The van der Waals surface area contributed by atoms with Gasteiger partial charge in [-0.2, -0.15) is 0 Å². The van der Waals surface area contributed by atoms with E-state index in [-0.39, 0.29) is 0 Å². The molecule has 0 aliphatic carbocycles. The van der Waals surface area contributed by atoms with E-state index < -0.39 is 6.10 Å². The van der Waals surface area contributed by atoms with Gasteiger partial charge in [0.05, 0.1) is 6.10 Å². The third kappa shape index (κ3) is 4.08. The summed E-state index contributed by atoms with van der Waals surface area (Å²) in [6, 6.07) is 12.7. The van der Waals surface area contributed by atoms with E-state index in [1.165, 1.54) is 22.3 Å². The zero-order chi connectivity index (χ0) is 15.6. The van der Waals surface area contributed by atoms with Crippen molar-refractivity contribution >= 4 is 5.69 Å². The van der Waals surface area contributed by atoms with Crippen LogP contribution < -0.4 is 4.90 Å². The Morgan fingerprint density at radius 2 is 1.24 bits per heavy atom. The van der Waals surface area contributed by atoms with E-state index in [1.54, 1.807) is 0 Å². The largest absolute Gasteiger partial charge is 0.387 e. The van der Waals surface area contributed by atoms with Crippen molar-refractivity contribution in [2.24, 2.45) is 0 Å². The summed E-state index contributed by atoms with van der Waals surface area (Å²) in [5, 5.41) is 10.5. The molecule has 0 amide bonds. The third-order valence-electron chi connectivity index (χ3n) is 3.72. The number of hydrogen-bond donors (Lipinski definition) is 1. The van der Waals surface area contributed by atoms with Crippen LogP contribution in [-0.2, 0) is 0 Å². The molecule has 0 aliphatic heterocycles. The van der Waals surface area contributed by atoms with Crippen molar-refractivity contribution in [1.29, 1.82) is 0 Å². The highest BCUT2D eigenvalue weighted by Crippen LogP contribution is 2.22. The fourth-order valence-corrected chi connectivity index (χ4v) is 2.84. The molecule has 2 nitrogen and oxygen atoms in total. The van der Waals surface area contributed by atoms with E-state index in [4.69, 9.17) is 0 Å². The molecule has 0 saturated carbocycles. The third-order valence-corrected chi connectivity index (χ3v) is 3.72. The Balaban J connectivity index is 2.16. The minimum atomic E-state index is -0.477. The minimum Gasteiger partial charge on any atom is -0.387 e. The quantitative estimate of drug-likeness (QED) is 0.913. The number of nitrogens with zero attached hydrogens (tertiary/aromatic N) is 1. The van der Waals surface area contributed by atoms with Crippen molar-refractivity contribution in [1.82, 2.24) is 0 Å². The van der Waals surface area contributed by atoms with Gasteiger partial charge < -0.3 is 10.0 Å². The molecule has 2 aromatic carbocycles. The average molecular weight is 283 g/mol. The Hall–Kier alpha value is -1.80. The second kappa shape index (κ2) is 6.31. The van der Waals surface area contributed by atoms with Gasteiger partial charge in [-0.15, -0.1) is 0 Å². The van der Waals surface area contributed by atoms with E-state index in [0.717, 1.165) is 11.3 Å². The van der Waals surface area contributed by atoms with Gasteiger partial charge in [0.15, 0.2) is 0 Å². The number of anilines is 1. The number of hydrogen-bond acceptors (Lipinski definition) is 2. The van der Waals surface area contributed by atoms with Crippen LogP contribution in [0.2, 0.25) is 0 Å². The molecule has 0 radical (unpaired) electrons. The average Bonchev–Trinajstić information content (AvgIpc) is 2.36. The van der Waals surface area contributed by atoms with Crippen molar-refractivity contribution in [3.63, 3.8) is 0 Å². The van der Waals surface area contributed by atoms with Crippen LogP contribution in [0, 0.1) is 27.7 Å². The standard InChI is InChI=1S/C19H25NO/c1-13-6-14(2)9-17(8-13)19(21)12-20(5)18-10-15(3)7-16(4)11-18/h6-11,19,21H,12H2,1-5H3. The van der Waals surface area contributed by atoms with E-state index in [9.17, 15) is 5.11 Å². The molecule has 0 fully saturated rings. The molecule has 0 saturated heterocycles. The lowest BCUT2D eigenvalue weighted by atomic mass is 10.0. The van der Waals surface area contributed by atoms with Gasteiger partial charge in [0, 0.05) is 19.3 Å². The first kappa shape index (κ1) is 15.6. The highest BCUT2D eigenvalue weighted by atomic mass is 16.3. The van der Waals surface area contributed by atoms with Crippen LogP contribution in [0.3, 0.4) is 0 Å². The Labute approximate surface area is 128 Å². The molecule has 1 unspecified atom stereocenters. The zero-order valence-electron chi connectivity index (χ0n) is 13.6. The first-order valence-electron chi connectivity index (χ1n) is 7.41. The molecule has 0 bridgehead atoms. The smallest absolute Gasteiger partial charge is 0.0964 e. The van der Waals surface area contributed by atoms with Crippen LogP contribution in [0.15, 0.2) is 36.4 Å². The summed E-state index contributed by atoms with van der Waals surface area (Å²) in [6.07, 6.45) is -0.477. The molecule has 0 aliphatic rings. The first-order valence-corrected chi connectivity index (χ1v) is 7.41. The van der Waals surface area contributed by atoms with Gasteiger partial charge in [-0.1, -0.05) is 35.4 Å². The highest BCUT2D eigenvalue weighted by molar-refractivity contribution is 5.50. The summed E-state index contributed by atoms with van der Waals surface area (Å²) in [7, 11) is 2.03. The Morgan fingerprint density at radius 1 is 0.810 bits per heavy atom. The second-order valence-electron chi connectivity index (χ2n) is 6.16. The fraction of sp³-hybridized carbons (Fsp3) is 0.368. The minimum absolute atomic E-state index is 0.477. The SMILES string of the molecule is Cc1cc(C)cc(C(O)CN(C)c2cc(C)cc(C)c2)c1. The number of benzene rings is 2. The molecule has 21 heavy (non-hydrogen) atoms. The highest BCUT2D eigenvalue weighted by Gasteiger charge is 2.12. The molecular weight excluding hydrogens is 258 g/mol. The number of aliphatic hydroxyl groups is 1. The van der Waals surface area contributed by atoms with Crippen LogP contribution in [0.1, 0.15) is 33.9 Å². The number of rotatable bonds is 4. The van der Waals surface area contributed by atoms with Crippen molar-refractivity contribution < 1.29 is 5.11 Å². The number of aliphatic hydroxyl groups excluding tert-OH is 1. The Bertz CT molecular complexity index is 537. The van der Waals surface area contributed by atoms with Gasteiger partial charge in [0.1, 0.15) is 0 Å². The summed E-state index contributed by atoms with van der Waals surface area (Å²) in [5.41, 5.74) is 7.02. The van der Waals surface area contributed by atoms with Crippen molar-refractivity contribution in [3.8, 4) is 0 Å². The van der Waals surface area contributed by atoms with Gasteiger partial charge in [-0.05, 0) is 56.5 Å². The van der Waals surface area contributed by atoms with Gasteiger partial charge >= 0.3 is 0 Å². The van der Waals surface area contributed by atoms with Crippen LogP contribution in [-0.4, -0.2) is 18.7 Å². The topological polar surface area (TPSA) is 23.5 Å². The lowest BCUT2D eigenvalue weighted by Gasteiger charge is -2.24. The molecule has 2 heteroatoms. The van der Waals surface area contributed by atoms with Crippen LogP contribution in [0.5, 0.6) is 0 Å². The van der Waals surface area contributed by atoms with Gasteiger partial charge in [-0.3, -0.25) is 0 Å². The maximum Gasteiger partial charge on any atom is 0.0964 e. The van der Waals surface area contributed by atoms with E-state index in [0.29, 0.717) is 6.54 Å². The van der Waals surface area contributed by atoms with Crippen LogP contribution in [0.4, 0.5) is 5.69 Å². The molecule has 112 valence electrons. The Morgan fingerprint density at radius 3 is 1.71 bits per heavy atom. The fourth-order valence-electron chi connectivity index (χ4n) is 2.84. The maximum absolute atomic E-state index is 10.5. The molecular formula is C19H25NO. The number of aryl methyl sites for hydroxylation is 4. The van der Waals surface area contributed by atoms with Gasteiger partial charge in [0.25, 0.3) is 0 Å². The zero-order valence-corrected chi connectivity index (χ0v) is 13.6.